The molecule has 0 aliphatic rings. The van der Waals surface area contributed by atoms with Crippen molar-refractivity contribution in [3.8, 4) is 11.3 Å². The molecule has 84 valence electrons. The third kappa shape index (κ3) is 2.10. The summed E-state index contributed by atoms with van der Waals surface area (Å²) in [6.07, 6.45) is -0.673. The fourth-order valence-corrected chi connectivity index (χ4v) is 1.67. The molecule has 0 bridgehead atoms. The van der Waals surface area contributed by atoms with E-state index in [0.29, 0.717) is 17.1 Å². The van der Waals surface area contributed by atoms with Crippen LogP contribution in [0.1, 0.15) is 18.8 Å². The number of halogens is 2. The zero-order chi connectivity index (χ0) is 11.7. The SMILES string of the molecule is CC(O)c1ccc(-c2ccc(F)cc2Cl)o1. The minimum Gasteiger partial charge on any atom is -0.458 e. The smallest absolute Gasteiger partial charge is 0.135 e. The van der Waals surface area contributed by atoms with Crippen LogP contribution in [0.15, 0.2) is 34.7 Å². The largest absolute Gasteiger partial charge is 0.458 e. The molecule has 0 radical (unpaired) electrons. The summed E-state index contributed by atoms with van der Waals surface area (Å²) >= 11 is 5.89. The predicted octanol–water partition coefficient (Wildman–Crippen LogP) is 3.79. The fourth-order valence-electron chi connectivity index (χ4n) is 1.41. The van der Waals surface area contributed by atoms with Crippen molar-refractivity contribution >= 4 is 11.6 Å². The van der Waals surface area contributed by atoms with E-state index in [0.717, 1.165) is 0 Å². The first-order valence-electron chi connectivity index (χ1n) is 4.81. The highest BCUT2D eigenvalue weighted by Crippen LogP contribution is 2.31. The maximum absolute atomic E-state index is 12.8. The molecule has 1 heterocycles. The van der Waals surface area contributed by atoms with E-state index in [1.54, 1.807) is 25.1 Å². The fraction of sp³-hybridized carbons (Fsp3) is 0.167. The van der Waals surface area contributed by atoms with Crippen molar-refractivity contribution in [2.24, 2.45) is 0 Å². The lowest BCUT2D eigenvalue weighted by Crippen LogP contribution is -1.85. The van der Waals surface area contributed by atoms with Gasteiger partial charge in [0.1, 0.15) is 23.4 Å². The molecule has 2 rings (SSSR count). The minimum absolute atomic E-state index is 0.284. The molecule has 1 atom stereocenters. The maximum Gasteiger partial charge on any atom is 0.135 e. The van der Waals surface area contributed by atoms with E-state index in [2.05, 4.69) is 0 Å². The molecular formula is C12H10ClFO2. The lowest BCUT2D eigenvalue weighted by atomic mass is 10.2. The Hall–Kier alpha value is -1.32. The van der Waals surface area contributed by atoms with Gasteiger partial charge in [-0.15, -0.1) is 0 Å². The summed E-state index contributed by atoms with van der Waals surface area (Å²) in [5, 5.41) is 9.59. The first-order chi connectivity index (χ1) is 7.58. The minimum atomic E-state index is -0.673. The highest BCUT2D eigenvalue weighted by Gasteiger charge is 2.11. The highest BCUT2D eigenvalue weighted by molar-refractivity contribution is 6.33. The van der Waals surface area contributed by atoms with Gasteiger partial charge in [0.05, 0.1) is 5.02 Å². The Balaban J connectivity index is 2.42. The van der Waals surface area contributed by atoms with Crippen LogP contribution >= 0.6 is 11.6 Å². The quantitative estimate of drug-likeness (QED) is 0.866. The van der Waals surface area contributed by atoms with Gasteiger partial charge in [-0.25, -0.2) is 4.39 Å². The van der Waals surface area contributed by atoms with Gasteiger partial charge in [0, 0.05) is 5.56 Å². The number of hydrogen-bond donors (Lipinski definition) is 1. The monoisotopic (exact) mass is 240 g/mol. The molecule has 2 nitrogen and oxygen atoms in total. The number of aliphatic hydroxyl groups is 1. The summed E-state index contributed by atoms with van der Waals surface area (Å²) in [5.74, 6) is 0.576. The van der Waals surface area contributed by atoms with Gasteiger partial charge in [-0.2, -0.15) is 0 Å². The van der Waals surface area contributed by atoms with Gasteiger partial charge in [-0.05, 0) is 37.3 Å². The average Bonchev–Trinajstić information content (AvgIpc) is 2.66. The molecule has 0 saturated carbocycles. The third-order valence-corrected chi connectivity index (χ3v) is 2.55. The number of aliphatic hydroxyl groups excluding tert-OH is 1. The van der Waals surface area contributed by atoms with E-state index in [1.807, 2.05) is 0 Å². The van der Waals surface area contributed by atoms with Gasteiger partial charge in [0.15, 0.2) is 0 Å². The van der Waals surface area contributed by atoms with Crippen molar-refractivity contribution in [2.75, 3.05) is 0 Å². The molecule has 0 aliphatic heterocycles. The second kappa shape index (κ2) is 4.28. The molecule has 1 aromatic heterocycles. The standard InChI is InChI=1S/C12H10ClFO2/c1-7(15)11-4-5-12(16-11)9-3-2-8(14)6-10(9)13/h2-7,15H,1H3. The van der Waals surface area contributed by atoms with Gasteiger partial charge < -0.3 is 9.52 Å². The van der Waals surface area contributed by atoms with Crippen LogP contribution in [0.4, 0.5) is 4.39 Å². The molecule has 1 N–H and O–H groups in total. The molecule has 0 amide bonds. The summed E-state index contributed by atoms with van der Waals surface area (Å²) in [5.41, 5.74) is 0.606. The average molecular weight is 241 g/mol. The maximum atomic E-state index is 12.8. The van der Waals surface area contributed by atoms with Gasteiger partial charge in [0.2, 0.25) is 0 Å². The predicted molar refractivity (Wildman–Crippen MR) is 59.7 cm³/mol. The first-order valence-corrected chi connectivity index (χ1v) is 5.19. The van der Waals surface area contributed by atoms with Crippen molar-refractivity contribution in [1.82, 2.24) is 0 Å². The molecule has 16 heavy (non-hydrogen) atoms. The Morgan fingerprint density at radius 1 is 1.31 bits per heavy atom. The molecule has 0 aliphatic carbocycles. The second-order valence-corrected chi connectivity index (χ2v) is 3.91. The highest BCUT2D eigenvalue weighted by atomic mass is 35.5. The Kier molecular flexibility index (Phi) is 2.99. The molecular weight excluding hydrogens is 231 g/mol. The van der Waals surface area contributed by atoms with Crippen molar-refractivity contribution in [3.63, 3.8) is 0 Å². The number of hydrogen-bond acceptors (Lipinski definition) is 2. The van der Waals surface area contributed by atoms with E-state index in [9.17, 15) is 9.50 Å². The van der Waals surface area contributed by atoms with Crippen LogP contribution in [0, 0.1) is 5.82 Å². The zero-order valence-electron chi connectivity index (χ0n) is 8.58. The van der Waals surface area contributed by atoms with Gasteiger partial charge >= 0.3 is 0 Å². The molecule has 1 aromatic carbocycles. The summed E-state index contributed by atoms with van der Waals surface area (Å²) < 4.78 is 18.2. The van der Waals surface area contributed by atoms with Crippen LogP contribution in [-0.2, 0) is 0 Å². The first kappa shape index (κ1) is 11.2. The Labute approximate surface area is 97.3 Å². The van der Waals surface area contributed by atoms with E-state index < -0.39 is 11.9 Å². The number of furan rings is 1. The third-order valence-electron chi connectivity index (χ3n) is 2.24. The van der Waals surface area contributed by atoms with Crippen molar-refractivity contribution in [1.29, 1.82) is 0 Å². The molecule has 2 aromatic rings. The lowest BCUT2D eigenvalue weighted by molar-refractivity contribution is 0.170. The van der Waals surface area contributed by atoms with Crippen LogP contribution < -0.4 is 0 Å². The van der Waals surface area contributed by atoms with Crippen LogP contribution in [0.2, 0.25) is 5.02 Å². The summed E-state index contributed by atoms with van der Waals surface area (Å²) in [7, 11) is 0. The van der Waals surface area contributed by atoms with Gasteiger partial charge in [-0.3, -0.25) is 0 Å². The Morgan fingerprint density at radius 2 is 2.06 bits per heavy atom. The Bertz CT molecular complexity index is 505. The van der Waals surface area contributed by atoms with E-state index in [1.165, 1.54) is 12.1 Å². The lowest BCUT2D eigenvalue weighted by Gasteiger charge is -2.01. The van der Waals surface area contributed by atoms with E-state index in [-0.39, 0.29) is 5.02 Å². The molecule has 1 unspecified atom stereocenters. The van der Waals surface area contributed by atoms with Crippen LogP contribution in [0.25, 0.3) is 11.3 Å². The zero-order valence-corrected chi connectivity index (χ0v) is 9.33. The second-order valence-electron chi connectivity index (χ2n) is 3.50. The molecule has 0 fully saturated rings. The molecule has 4 heteroatoms. The Morgan fingerprint density at radius 3 is 2.62 bits per heavy atom. The van der Waals surface area contributed by atoms with E-state index in [4.69, 9.17) is 16.0 Å². The van der Waals surface area contributed by atoms with Crippen molar-refractivity contribution in [3.05, 3.63) is 46.9 Å². The molecule has 0 saturated heterocycles. The summed E-state index contributed by atoms with van der Waals surface area (Å²) in [4.78, 5) is 0. The normalized spacial score (nSPS) is 12.8. The van der Waals surface area contributed by atoms with Crippen LogP contribution in [-0.4, -0.2) is 5.11 Å². The van der Waals surface area contributed by atoms with Crippen molar-refractivity contribution < 1.29 is 13.9 Å². The topological polar surface area (TPSA) is 33.4 Å². The summed E-state index contributed by atoms with van der Waals surface area (Å²) in [6, 6.07) is 7.44. The van der Waals surface area contributed by atoms with Gasteiger partial charge in [0.25, 0.3) is 0 Å². The number of benzene rings is 1. The number of rotatable bonds is 2. The van der Waals surface area contributed by atoms with Crippen molar-refractivity contribution in [2.45, 2.75) is 13.0 Å². The molecule has 0 spiro atoms. The summed E-state index contributed by atoms with van der Waals surface area (Å²) in [6.45, 7) is 1.61. The van der Waals surface area contributed by atoms with Gasteiger partial charge in [-0.1, -0.05) is 11.6 Å². The van der Waals surface area contributed by atoms with Crippen LogP contribution in [0.3, 0.4) is 0 Å². The van der Waals surface area contributed by atoms with Crippen LogP contribution in [0.5, 0.6) is 0 Å². The van der Waals surface area contributed by atoms with E-state index >= 15 is 0 Å².